The van der Waals surface area contributed by atoms with Gasteiger partial charge < -0.3 is 5.32 Å². The fraction of sp³-hybridized carbons (Fsp3) is 0.333. The molecule has 0 saturated heterocycles. The van der Waals surface area contributed by atoms with E-state index in [4.69, 9.17) is 0 Å². The Balaban J connectivity index is 2.18. The first-order chi connectivity index (χ1) is 8.93. The molecule has 1 aliphatic rings. The molecule has 0 radical (unpaired) electrons. The van der Waals surface area contributed by atoms with Crippen LogP contribution in [0.2, 0.25) is 0 Å². The molecule has 19 heavy (non-hydrogen) atoms. The van der Waals surface area contributed by atoms with E-state index in [1.165, 1.54) is 6.07 Å². The molecular weight excluding hydrogens is 262 g/mol. The number of nitrogens with zero attached hydrogens (tertiary/aromatic N) is 2. The molecule has 1 N–H and O–H groups in total. The third kappa shape index (κ3) is 2.45. The Bertz CT molecular complexity index is 635. The van der Waals surface area contributed by atoms with E-state index in [-0.39, 0.29) is 22.8 Å². The third-order valence-electron chi connectivity index (χ3n) is 2.83. The number of hydrogen-bond donors (Lipinski definition) is 1. The maximum atomic E-state index is 13.2. The lowest BCUT2D eigenvalue weighted by Crippen LogP contribution is -2.14. The number of anilines is 1. The number of aromatic nitrogens is 2. The van der Waals surface area contributed by atoms with Crippen LogP contribution in [0.3, 0.4) is 0 Å². The molecule has 1 heterocycles. The van der Waals surface area contributed by atoms with Gasteiger partial charge in [-0.15, -0.1) is 0 Å². The van der Waals surface area contributed by atoms with E-state index in [1.54, 1.807) is 0 Å². The van der Waals surface area contributed by atoms with Crippen molar-refractivity contribution in [2.24, 2.45) is 0 Å². The Hall–Kier alpha value is -1.92. The molecule has 0 bridgehead atoms. The van der Waals surface area contributed by atoms with Crippen LogP contribution < -0.4 is 5.32 Å². The molecule has 1 saturated carbocycles. The SMILES string of the molecule is Fc1ccc2nc(C(F)(F)F)nc(NC3CC3)c2c1. The molecule has 1 aliphatic carbocycles. The van der Waals surface area contributed by atoms with Gasteiger partial charge in [-0.1, -0.05) is 0 Å². The Labute approximate surface area is 105 Å². The largest absolute Gasteiger partial charge is 0.451 e. The van der Waals surface area contributed by atoms with Gasteiger partial charge in [0.2, 0.25) is 5.82 Å². The lowest BCUT2D eigenvalue weighted by molar-refractivity contribution is -0.144. The van der Waals surface area contributed by atoms with Crippen LogP contribution in [0.15, 0.2) is 18.2 Å². The van der Waals surface area contributed by atoms with E-state index in [0.29, 0.717) is 0 Å². The summed E-state index contributed by atoms with van der Waals surface area (Å²) in [5, 5.41) is 3.14. The molecule has 0 aliphatic heterocycles. The predicted octanol–water partition coefficient (Wildman–Crippen LogP) is 3.36. The van der Waals surface area contributed by atoms with Crippen LogP contribution in [0.4, 0.5) is 23.4 Å². The molecule has 7 heteroatoms. The summed E-state index contributed by atoms with van der Waals surface area (Å²) >= 11 is 0. The van der Waals surface area contributed by atoms with Crippen molar-refractivity contribution in [1.82, 2.24) is 9.97 Å². The highest BCUT2D eigenvalue weighted by Crippen LogP contribution is 2.32. The summed E-state index contributed by atoms with van der Waals surface area (Å²) in [6, 6.07) is 3.55. The highest BCUT2D eigenvalue weighted by molar-refractivity contribution is 5.89. The predicted molar refractivity (Wildman–Crippen MR) is 61.1 cm³/mol. The average molecular weight is 271 g/mol. The number of fused-ring (bicyclic) bond motifs is 1. The number of hydrogen-bond acceptors (Lipinski definition) is 3. The lowest BCUT2D eigenvalue weighted by atomic mass is 10.2. The van der Waals surface area contributed by atoms with Crippen molar-refractivity contribution >= 4 is 16.7 Å². The summed E-state index contributed by atoms with van der Waals surface area (Å²) in [5.41, 5.74) is 0.0758. The topological polar surface area (TPSA) is 37.8 Å². The Morgan fingerprint density at radius 2 is 1.89 bits per heavy atom. The maximum Gasteiger partial charge on any atom is 0.451 e. The van der Waals surface area contributed by atoms with Crippen molar-refractivity contribution in [2.75, 3.05) is 5.32 Å². The minimum absolute atomic E-state index is 0.0410. The van der Waals surface area contributed by atoms with Gasteiger partial charge in [-0.05, 0) is 31.0 Å². The second kappa shape index (κ2) is 4.04. The summed E-state index contributed by atoms with van der Waals surface area (Å²) in [5.74, 6) is -1.70. The van der Waals surface area contributed by atoms with Crippen LogP contribution in [-0.4, -0.2) is 16.0 Å². The number of benzene rings is 1. The number of rotatable bonds is 2. The highest BCUT2D eigenvalue weighted by Gasteiger charge is 2.36. The standard InChI is InChI=1S/C12H9F4N3/c13-6-1-4-9-8(5-6)10(17-7-2-3-7)19-11(18-9)12(14,15)16/h1,4-5,7H,2-3H2,(H,17,18,19). The Morgan fingerprint density at radius 1 is 1.16 bits per heavy atom. The molecule has 1 aromatic carbocycles. The second-order valence-corrected chi connectivity index (χ2v) is 4.47. The molecule has 0 atom stereocenters. The Kier molecular flexibility index (Phi) is 2.58. The molecule has 3 nitrogen and oxygen atoms in total. The summed E-state index contributed by atoms with van der Waals surface area (Å²) in [7, 11) is 0. The van der Waals surface area contributed by atoms with Crippen LogP contribution in [-0.2, 0) is 6.18 Å². The first kappa shape index (κ1) is 12.1. The summed E-state index contributed by atoms with van der Waals surface area (Å²) in [4.78, 5) is 6.91. The molecule has 2 aromatic rings. The lowest BCUT2D eigenvalue weighted by Gasteiger charge is -2.11. The fourth-order valence-electron chi connectivity index (χ4n) is 1.76. The zero-order valence-corrected chi connectivity index (χ0v) is 9.63. The van der Waals surface area contributed by atoms with E-state index < -0.39 is 17.8 Å². The van der Waals surface area contributed by atoms with Crippen molar-refractivity contribution in [3.63, 3.8) is 0 Å². The van der Waals surface area contributed by atoms with Gasteiger partial charge in [0.1, 0.15) is 11.6 Å². The quantitative estimate of drug-likeness (QED) is 0.851. The molecular formula is C12H9F4N3. The van der Waals surface area contributed by atoms with Crippen molar-refractivity contribution in [2.45, 2.75) is 25.1 Å². The summed E-state index contributed by atoms with van der Waals surface area (Å²) < 4.78 is 51.3. The zero-order chi connectivity index (χ0) is 13.6. The van der Waals surface area contributed by atoms with Gasteiger partial charge in [0, 0.05) is 11.4 Å². The van der Waals surface area contributed by atoms with E-state index in [1.807, 2.05) is 0 Å². The minimum Gasteiger partial charge on any atom is -0.367 e. The average Bonchev–Trinajstić information content (AvgIpc) is 3.12. The van der Waals surface area contributed by atoms with Crippen molar-refractivity contribution in [1.29, 1.82) is 0 Å². The molecule has 0 unspecified atom stereocenters. The zero-order valence-electron chi connectivity index (χ0n) is 9.63. The highest BCUT2D eigenvalue weighted by atomic mass is 19.4. The maximum absolute atomic E-state index is 13.2. The van der Waals surface area contributed by atoms with Crippen LogP contribution in [0.1, 0.15) is 18.7 Å². The van der Waals surface area contributed by atoms with Crippen LogP contribution >= 0.6 is 0 Å². The number of alkyl halides is 3. The summed E-state index contributed by atoms with van der Waals surface area (Å²) in [6.45, 7) is 0. The van der Waals surface area contributed by atoms with Crippen molar-refractivity contribution in [3.8, 4) is 0 Å². The van der Waals surface area contributed by atoms with E-state index in [9.17, 15) is 17.6 Å². The minimum atomic E-state index is -4.62. The fourth-order valence-corrected chi connectivity index (χ4v) is 1.76. The van der Waals surface area contributed by atoms with Gasteiger partial charge in [0.05, 0.1) is 5.52 Å². The summed E-state index contributed by atoms with van der Waals surface area (Å²) in [6.07, 6.45) is -2.87. The van der Waals surface area contributed by atoms with Crippen LogP contribution in [0, 0.1) is 5.82 Å². The number of halogens is 4. The second-order valence-electron chi connectivity index (χ2n) is 4.47. The van der Waals surface area contributed by atoms with Crippen LogP contribution in [0.5, 0.6) is 0 Å². The van der Waals surface area contributed by atoms with Gasteiger partial charge in [-0.3, -0.25) is 0 Å². The van der Waals surface area contributed by atoms with Crippen molar-refractivity contribution in [3.05, 3.63) is 29.8 Å². The van der Waals surface area contributed by atoms with Gasteiger partial charge >= 0.3 is 6.18 Å². The van der Waals surface area contributed by atoms with E-state index in [2.05, 4.69) is 15.3 Å². The monoisotopic (exact) mass is 271 g/mol. The van der Waals surface area contributed by atoms with Gasteiger partial charge in [-0.25, -0.2) is 14.4 Å². The number of nitrogens with one attached hydrogen (secondary N) is 1. The first-order valence-corrected chi connectivity index (χ1v) is 5.74. The molecule has 100 valence electrons. The van der Waals surface area contributed by atoms with Gasteiger partial charge in [0.15, 0.2) is 0 Å². The van der Waals surface area contributed by atoms with Gasteiger partial charge in [0.25, 0.3) is 0 Å². The van der Waals surface area contributed by atoms with Gasteiger partial charge in [-0.2, -0.15) is 13.2 Å². The third-order valence-corrected chi connectivity index (χ3v) is 2.83. The van der Waals surface area contributed by atoms with Crippen LogP contribution in [0.25, 0.3) is 10.9 Å². The Morgan fingerprint density at radius 3 is 2.53 bits per heavy atom. The molecule has 0 spiro atoms. The van der Waals surface area contributed by atoms with E-state index in [0.717, 1.165) is 25.0 Å². The normalized spacial score (nSPS) is 15.8. The van der Waals surface area contributed by atoms with Crippen molar-refractivity contribution < 1.29 is 17.6 Å². The molecule has 3 rings (SSSR count). The smallest absolute Gasteiger partial charge is 0.367 e. The van der Waals surface area contributed by atoms with E-state index >= 15 is 0 Å². The molecule has 1 aromatic heterocycles. The first-order valence-electron chi connectivity index (χ1n) is 5.74. The molecule has 1 fully saturated rings. The molecule has 0 amide bonds.